The summed E-state index contributed by atoms with van der Waals surface area (Å²) in [5, 5.41) is 11.8. The van der Waals surface area contributed by atoms with Crippen molar-refractivity contribution < 1.29 is 14.7 Å². The van der Waals surface area contributed by atoms with Crippen LogP contribution in [0.15, 0.2) is 18.7 Å². The zero-order chi connectivity index (χ0) is 14.5. The molecule has 0 aromatic carbocycles. The van der Waals surface area contributed by atoms with Crippen molar-refractivity contribution in [2.45, 2.75) is 51.1 Å². The SMILES string of the molecule is CCCC(CC(=O)NC(C(=O)O)C1CC1)n1ccnc1. The van der Waals surface area contributed by atoms with E-state index in [1.54, 1.807) is 12.5 Å². The number of imidazole rings is 1. The molecule has 0 saturated heterocycles. The van der Waals surface area contributed by atoms with Gasteiger partial charge in [0.05, 0.1) is 6.33 Å². The summed E-state index contributed by atoms with van der Waals surface area (Å²) >= 11 is 0. The van der Waals surface area contributed by atoms with Crippen molar-refractivity contribution in [3.8, 4) is 0 Å². The lowest BCUT2D eigenvalue weighted by Gasteiger charge is -2.19. The molecule has 0 aliphatic heterocycles. The Morgan fingerprint density at radius 3 is 2.75 bits per heavy atom. The molecule has 20 heavy (non-hydrogen) atoms. The number of carbonyl (C=O) groups is 2. The van der Waals surface area contributed by atoms with E-state index >= 15 is 0 Å². The predicted octanol–water partition coefficient (Wildman–Crippen LogP) is 1.59. The van der Waals surface area contributed by atoms with E-state index in [-0.39, 0.29) is 17.9 Å². The molecule has 1 aliphatic carbocycles. The largest absolute Gasteiger partial charge is 0.480 e. The number of carboxylic acid groups (broad SMARTS) is 1. The van der Waals surface area contributed by atoms with Gasteiger partial charge in [-0.2, -0.15) is 0 Å². The Bertz CT molecular complexity index is 454. The Kier molecular flexibility index (Phi) is 4.76. The van der Waals surface area contributed by atoms with Crippen LogP contribution in [0.3, 0.4) is 0 Å². The maximum Gasteiger partial charge on any atom is 0.326 e. The van der Waals surface area contributed by atoms with Crippen LogP contribution in [0.25, 0.3) is 0 Å². The summed E-state index contributed by atoms with van der Waals surface area (Å²) in [7, 11) is 0. The van der Waals surface area contributed by atoms with Crippen LogP contribution in [-0.2, 0) is 9.59 Å². The van der Waals surface area contributed by atoms with E-state index in [1.165, 1.54) is 0 Å². The molecule has 2 atom stereocenters. The molecule has 1 fully saturated rings. The Labute approximate surface area is 118 Å². The molecule has 0 bridgehead atoms. The maximum absolute atomic E-state index is 12.1. The summed E-state index contributed by atoms with van der Waals surface area (Å²) in [6.07, 6.45) is 9.11. The van der Waals surface area contributed by atoms with Crippen LogP contribution in [0, 0.1) is 5.92 Å². The van der Waals surface area contributed by atoms with Crippen molar-refractivity contribution in [2.24, 2.45) is 5.92 Å². The standard InChI is InChI=1S/C14H21N3O3/c1-2-3-11(17-7-6-15-9-17)8-12(18)16-13(14(19)20)10-4-5-10/h6-7,9-11,13H,2-5,8H2,1H3,(H,16,18)(H,19,20). The number of amides is 1. The highest BCUT2D eigenvalue weighted by Crippen LogP contribution is 2.33. The first-order chi connectivity index (χ1) is 9.61. The van der Waals surface area contributed by atoms with Crippen LogP contribution in [0.1, 0.15) is 45.1 Å². The number of carbonyl (C=O) groups excluding carboxylic acids is 1. The smallest absolute Gasteiger partial charge is 0.326 e. The molecular weight excluding hydrogens is 258 g/mol. The molecule has 1 aromatic rings. The molecule has 0 spiro atoms. The van der Waals surface area contributed by atoms with Gasteiger partial charge < -0.3 is 15.0 Å². The van der Waals surface area contributed by atoms with Crippen LogP contribution in [-0.4, -0.2) is 32.6 Å². The Balaban J connectivity index is 1.92. The molecule has 0 radical (unpaired) electrons. The first-order valence-electron chi connectivity index (χ1n) is 7.11. The number of nitrogens with one attached hydrogen (secondary N) is 1. The van der Waals surface area contributed by atoms with Crippen LogP contribution in [0.5, 0.6) is 0 Å². The normalized spacial score (nSPS) is 17.4. The van der Waals surface area contributed by atoms with Crippen molar-refractivity contribution in [3.63, 3.8) is 0 Å². The van der Waals surface area contributed by atoms with Gasteiger partial charge in [0.2, 0.25) is 5.91 Å². The van der Waals surface area contributed by atoms with Crippen LogP contribution >= 0.6 is 0 Å². The fourth-order valence-electron chi connectivity index (χ4n) is 2.43. The third-order valence-electron chi connectivity index (χ3n) is 3.67. The molecule has 1 saturated carbocycles. The van der Waals surface area contributed by atoms with Crippen LogP contribution in [0.2, 0.25) is 0 Å². The molecule has 1 aliphatic rings. The minimum absolute atomic E-state index is 0.0381. The van der Waals surface area contributed by atoms with Crippen molar-refractivity contribution >= 4 is 11.9 Å². The first-order valence-corrected chi connectivity index (χ1v) is 7.11. The lowest BCUT2D eigenvalue weighted by Crippen LogP contribution is -2.43. The summed E-state index contributed by atoms with van der Waals surface area (Å²) in [6.45, 7) is 2.06. The highest BCUT2D eigenvalue weighted by atomic mass is 16.4. The summed E-state index contributed by atoms with van der Waals surface area (Å²) in [6, 6.07) is -0.691. The summed E-state index contributed by atoms with van der Waals surface area (Å²) in [5.41, 5.74) is 0. The van der Waals surface area contributed by atoms with E-state index in [1.807, 2.05) is 10.8 Å². The quantitative estimate of drug-likeness (QED) is 0.757. The lowest BCUT2D eigenvalue weighted by atomic mass is 10.1. The number of aliphatic carboxylic acids is 1. The van der Waals surface area contributed by atoms with E-state index in [4.69, 9.17) is 5.11 Å². The minimum atomic E-state index is -0.935. The monoisotopic (exact) mass is 279 g/mol. The van der Waals surface area contributed by atoms with Gasteiger partial charge in [-0.05, 0) is 25.2 Å². The second kappa shape index (κ2) is 6.54. The van der Waals surface area contributed by atoms with Crippen molar-refractivity contribution in [1.82, 2.24) is 14.9 Å². The Morgan fingerprint density at radius 1 is 1.50 bits per heavy atom. The number of carboxylic acids is 1. The molecule has 110 valence electrons. The maximum atomic E-state index is 12.1. The third-order valence-corrected chi connectivity index (χ3v) is 3.67. The predicted molar refractivity (Wildman–Crippen MR) is 73.1 cm³/mol. The lowest BCUT2D eigenvalue weighted by molar-refractivity contribution is -0.142. The molecule has 2 N–H and O–H groups in total. The van der Waals surface area contributed by atoms with Gasteiger partial charge in [0, 0.05) is 24.9 Å². The van der Waals surface area contributed by atoms with Crippen molar-refractivity contribution in [3.05, 3.63) is 18.7 Å². The molecule has 2 unspecified atom stereocenters. The summed E-state index contributed by atoms with van der Waals surface area (Å²) < 4.78 is 1.91. The van der Waals surface area contributed by atoms with E-state index in [0.717, 1.165) is 25.7 Å². The number of hydrogen-bond donors (Lipinski definition) is 2. The van der Waals surface area contributed by atoms with Gasteiger partial charge in [0.25, 0.3) is 0 Å². The van der Waals surface area contributed by atoms with Crippen LogP contribution in [0.4, 0.5) is 0 Å². The van der Waals surface area contributed by atoms with E-state index < -0.39 is 12.0 Å². The minimum Gasteiger partial charge on any atom is -0.480 e. The van der Waals surface area contributed by atoms with Gasteiger partial charge in [0.15, 0.2) is 0 Å². The van der Waals surface area contributed by atoms with Crippen LogP contribution < -0.4 is 5.32 Å². The van der Waals surface area contributed by atoms with Gasteiger partial charge in [-0.1, -0.05) is 13.3 Å². The molecule has 6 nitrogen and oxygen atoms in total. The average Bonchev–Trinajstić information content (AvgIpc) is 3.08. The topological polar surface area (TPSA) is 84.2 Å². The van der Waals surface area contributed by atoms with E-state index in [2.05, 4.69) is 17.2 Å². The summed E-state index contributed by atoms with van der Waals surface area (Å²) in [4.78, 5) is 27.2. The second-order valence-corrected chi connectivity index (χ2v) is 5.38. The molecular formula is C14H21N3O3. The summed E-state index contributed by atoms with van der Waals surface area (Å²) in [5.74, 6) is -1.03. The van der Waals surface area contributed by atoms with Gasteiger partial charge in [-0.3, -0.25) is 4.79 Å². The molecule has 1 amide bonds. The van der Waals surface area contributed by atoms with Gasteiger partial charge in [0.1, 0.15) is 6.04 Å². The van der Waals surface area contributed by atoms with Gasteiger partial charge in [-0.15, -0.1) is 0 Å². The fraction of sp³-hybridized carbons (Fsp3) is 0.643. The van der Waals surface area contributed by atoms with Gasteiger partial charge in [-0.25, -0.2) is 9.78 Å². The Morgan fingerprint density at radius 2 is 2.25 bits per heavy atom. The highest BCUT2D eigenvalue weighted by Gasteiger charge is 2.37. The molecule has 1 aromatic heterocycles. The van der Waals surface area contributed by atoms with Gasteiger partial charge >= 0.3 is 5.97 Å². The van der Waals surface area contributed by atoms with E-state index in [9.17, 15) is 9.59 Å². The zero-order valence-electron chi connectivity index (χ0n) is 11.7. The first kappa shape index (κ1) is 14.6. The Hall–Kier alpha value is -1.85. The number of nitrogens with zero attached hydrogens (tertiary/aromatic N) is 2. The third kappa shape index (κ3) is 3.82. The number of rotatable bonds is 8. The zero-order valence-corrected chi connectivity index (χ0v) is 11.7. The average molecular weight is 279 g/mol. The molecule has 1 heterocycles. The fourth-order valence-corrected chi connectivity index (χ4v) is 2.43. The molecule has 6 heteroatoms. The highest BCUT2D eigenvalue weighted by molar-refractivity contribution is 5.84. The van der Waals surface area contributed by atoms with E-state index in [0.29, 0.717) is 6.42 Å². The second-order valence-electron chi connectivity index (χ2n) is 5.38. The number of aromatic nitrogens is 2. The molecule has 2 rings (SSSR count). The number of hydrogen-bond acceptors (Lipinski definition) is 3. The van der Waals surface area contributed by atoms with Crippen molar-refractivity contribution in [2.75, 3.05) is 0 Å². The van der Waals surface area contributed by atoms with Crippen molar-refractivity contribution in [1.29, 1.82) is 0 Å².